The van der Waals surface area contributed by atoms with E-state index in [2.05, 4.69) is 54.0 Å². The average molecular weight is 325 g/mol. The lowest BCUT2D eigenvalue weighted by Gasteiger charge is -2.45. The number of nitrogens with one attached hydrogen (secondary N) is 1. The zero-order valence-electron chi connectivity index (χ0n) is 14.9. The molecule has 0 saturated heterocycles. The van der Waals surface area contributed by atoms with Crippen molar-refractivity contribution in [1.29, 1.82) is 0 Å². The highest BCUT2D eigenvalue weighted by atomic mass is 16.5. The van der Waals surface area contributed by atoms with Crippen molar-refractivity contribution in [3.63, 3.8) is 0 Å². The maximum Gasteiger partial charge on any atom is 0.137 e. The molecule has 4 heteroatoms. The summed E-state index contributed by atoms with van der Waals surface area (Å²) in [5.41, 5.74) is 3.73. The Labute approximate surface area is 143 Å². The molecule has 1 aliphatic carbocycles. The average Bonchev–Trinajstić information content (AvgIpc) is 2.94. The lowest BCUT2D eigenvalue weighted by atomic mass is 9.86. The summed E-state index contributed by atoms with van der Waals surface area (Å²) in [6.45, 7) is 8.63. The summed E-state index contributed by atoms with van der Waals surface area (Å²) in [6, 6.07) is 4.86. The highest BCUT2D eigenvalue weighted by molar-refractivity contribution is 5.90. The number of rotatable bonds is 3. The summed E-state index contributed by atoms with van der Waals surface area (Å²) in [6.07, 6.45) is 10.3. The Morgan fingerprint density at radius 3 is 2.83 bits per heavy atom. The largest absolute Gasteiger partial charge is 0.373 e. The van der Waals surface area contributed by atoms with E-state index in [-0.39, 0.29) is 5.60 Å². The summed E-state index contributed by atoms with van der Waals surface area (Å²) in [7, 11) is 0. The molecule has 0 spiro atoms. The standard InChI is InChI=1S/C20H27N3O/c1-20(2,3)24-16-11-15(12-16)23-9-6-14(7-10-23)18-13-22-19-17(18)5-4-8-21-19/h4-6,8,13,15-16H,7,9-12H2,1-3H3,(H,21,22). The third kappa shape index (κ3) is 3.13. The number of pyridine rings is 1. The molecule has 0 amide bonds. The summed E-state index contributed by atoms with van der Waals surface area (Å²) in [5, 5.41) is 1.24. The van der Waals surface area contributed by atoms with E-state index in [1.165, 1.54) is 29.4 Å². The maximum atomic E-state index is 6.07. The van der Waals surface area contributed by atoms with Crippen molar-refractivity contribution in [3.8, 4) is 0 Å². The summed E-state index contributed by atoms with van der Waals surface area (Å²) in [4.78, 5) is 10.3. The van der Waals surface area contributed by atoms with Gasteiger partial charge in [0, 0.05) is 42.5 Å². The number of fused-ring (bicyclic) bond motifs is 1. The van der Waals surface area contributed by atoms with Gasteiger partial charge in [-0.25, -0.2) is 4.98 Å². The molecule has 1 saturated carbocycles. The van der Waals surface area contributed by atoms with Gasteiger partial charge in [-0.05, 0) is 57.7 Å². The van der Waals surface area contributed by atoms with Gasteiger partial charge >= 0.3 is 0 Å². The fourth-order valence-corrected chi connectivity index (χ4v) is 3.91. The first-order chi connectivity index (χ1) is 11.5. The predicted molar refractivity (Wildman–Crippen MR) is 97.9 cm³/mol. The van der Waals surface area contributed by atoms with Gasteiger partial charge in [-0.15, -0.1) is 0 Å². The normalized spacial score (nSPS) is 25.5. The molecule has 1 fully saturated rings. The van der Waals surface area contributed by atoms with E-state index in [1.807, 2.05) is 12.3 Å². The molecular weight excluding hydrogens is 298 g/mol. The van der Waals surface area contributed by atoms with Gasteiger partial charge in [0.25, 0.3) is 0 Å². The number of aromatic nitrogens is 2. The lowest BCUT2D eigenvalue weighted by Crippen LogP contribution is -2.51. The van der Waals surface area contributed by atoms with E-state index >= 15 is 0 Å². The van der Waals surface area contributed by atoms with E-state index in [1.54, 1.807) is 0 Å². The van der Waals surface area contributed by atoms with Crippen molar-refractivity contribution in [2.75, 3.05) is 13.1 Å². The zero-order valence-corrected chi connectivity index (χ0v) is 14.9. The summed E-state index contributed by atoms with van der Waals surface area (Å²) < 4.78 is 6.07. The van der Waals surface area contributed by atoms with Crippen LogP contribution in [0.1, 0.15) is 45.6 Å². The summed E-state index contributed by atoms with van der Waals surface area (Å²) in [5.74, 6) is 0. The topological polar surface area (TPSA) is 41.1 Å². The van der Waals surface area contributed by atoms with Gasteiger partial charge in [0.15, 0.2) is 0 Å². The van der Waals surface area contributed by atoms with Crippen molar-refractivity contribution >= 4 is 16.6 Å². The molecule has 3 heterocycles. The van der Waals surface area contributed by atoms with Crippen molar-refractivity contribution in [1.82, 2.24) is 14.9 Å². The van der Waals surface area contributed by atoms with Crippen molar-refractivity contribution in [2.45, 2.75) is 57.8 Å². The van der Waals surface area contributed by atoms with Crippen LogP contribution >= 0.6 is 0 Å². The minimum atomic E-state index is -0.0199. The number of hydrogen-bond donors (Lipinski definition) is 1. The van der Waals surface area contributed by atoms with Crippen LogP contribution in [0.4, 0.5) is 0 Å². The van der Waals surface area contributed by atoms with Gasteiger partial charge in [-0.2, -0.15) is 0 Å². The van der Waals surface area contributed by atoms with Crippen LogP contribution < -0.4 is 0 Å². The Balaban J connectivity index is 1.38. The molecule has 24 heavy (non-hydrogen) atoms. The Kier molecular flexibility index (Phi) is 3.97. The molecular formula is C20H27N3O. The summed E-state index contributed by atoms with van der Waals surface area (Å²) >= 11 is 0. The first-order valence-corrected chi connectivity index (χ1v) is 9.03. The van der Waals surface area contributed by atoms with Gasteiger partial charge in [0.1, 0.15) is 5.65 Å². The molecule has 2 aromatic rings. The minimum absolute atomic E-state index is 0.0199. The molecule has 0 unspecified atom stereocenters. The van der Waals surface area contributed by atoms with E-state index in [0.29, 0.717) is 12.1 Å². The van der Waals surface area contributed by atoms with E-state index < -0.39 is 0 Å². The Bertz CT molecular complexity index is 750. The molecule has 4 rings (SSSR count). The third-order valence-electron chi connectivity index (χ3n) is 5.14. The number of hydrogen-bond acceptors (Lipinski definition) is 3. The van der Waals surface area contributed by atoms with Crippen molar-refractivity contribution < 1.29 is 4.74 Å². The molecule has 2 aliphatic rings. The second kappa shape index (κ2) is 6.01. The number of ether oxygens (including phenoxy) is 1. The van der Waals surface area contributed by atoms with Gasteiger partial charge in [-0.1, -0.05) is 6.08 Å². The number of aromatic amines is 1. The van der Waals surface area contributed by atoms with Crippen LogP contribution in [0.15, 0.2) is 30.6 Å². The van der Waals surface area contributed by atoms with Crippen LogP contribution in [-0.4, -0.2) is 45.7 Å². The minimum Gasteiger partial charge on any atom is -0.373 e. The molecule has 0 atom stereocenters. The fraction of sp³-hybridized carbons (Fsp3) is 0.550. The van der Waals surface area contributed by atoms with E-state index in [4.69, 9.17) is 4.74 Å². The second-order valence-electron chi connectivity index (χ2n) is 8.05. The van der Waals surface area contributed by atoms with Crippen LogP contribution in [0.25, 0.3) is 16.6 Å². The molecule has 1 N–H and O–H groups in total. The van der Waals surface area contributed by atoms with E-state index in [0.717, 1.165) is 25.2 Å². The van der Waals surface area contributed by atoms with Gasteiger partial charge < -0.3 is 9.72 Å². The van der Waals surface area contributed by atoms with Crippen LogP contribution in [0.3, 0.4) is 0 Å². The molecule has 1 aliphatic heterocycles. The smallest absolute Gasteiger partial charge is 0.137 e. The predicted octanol–water partition coefficient (Wildman–Crippen LogP) is 4.00. The van der Waals surface area contributed by atoms with Gasteiger partial charge in [0.05, 0.1) is 11.7 Å². The zero-order chi connectivity index (χ0) is 16.7. The highest BCUT2D eigenvalue weighted by Gasteiger charge is 2.36. The quantitative estimate of drug-likeness (QED) is 0.927. The van der Waals surface area contributed by atoms with Gasteiger partial charge in [0.2, 0.25) is 0 Å². The van der Waals surface area contributed by atoms with Crippen LogP contribution in [0, 0.1) is 0 Å². The maximum absolute atomic E-state index is 6.07. The van der Waals surface area contributed by atoms with Crippen molar-refractivity contribution in [2.24, 2.45) is 0 Å². The second-order valence-corrected chi connectivity index (χ2v) is 8.05. The molecule has 128 valence electrons. The van der Waals surface area contributed by atoms with E-state index in [9.17, 15) is 0 Å². The third-order valence-corrected chi connectivity index (χ3v) is 5.14. The molecule has 4 nitrogen and oxygen atoms in total. The molecule has 0 bridgehead atoms. The van der Waals surface area contributed by atoms with Gasteiger partial charge in [-0.3, -0.25) is 4.90 Å². The SMILES string of the molecule is CC(C)(C)OC1CC(N2CC=C(c3c[nH]c4ncccc34)CC2)C1. The molecule has 2 aromatic heterocycles. The first-order valence-electron chi connectivity index (χ1n) is 9.03. The Morgan fingerprint density at radius 2 is 2.12 bits per heavy atom. The first kappa shape index (κ1) is 15.9. The highest BCUT2D eigenvalue weighted by Crippen LogP contribution is 2.35. The molecule has 0 aromatic carbocycles. The lowest BCUT2D eigenvalue weighted by molar-refractivity contribution is -0.119. The Hall–Kier alpha value is -1.65. The Morgan fingerprint density at radius 1 is 1.29 bits per heavy atom. The van der Waals surface area contributed by atoms with Crippen molar-refractivity contribution in [3.05, 3.63) is 36.2 Å². The van der Waals surface area contributed by atoms with Crippen LogP contribution in [0.2, 0.25) is 0 Å². The fourth-order valence-electron chi connectivity index (χ4n) is 3.91. The van der Waals surface area contributed by atoms with Crippen LogP contribution in [-0.2, 0) is 4.74 Å². The number of H-pyrrole nitrogens is 1. The molecule has 0 radical (unpaired) electrons. The van der Waals surface area contributed by atoms with Crippen LogP contribution in [0.5, 0.6) is 0 Å². The number of nitrogens with zero attached hydrogens (tertiary/aromatic N) is 2. The monoisotopic (exact) mass is 325 g/mol.